The molecule has 1 aromatic carbocycles. The summed E-state index contributed by atoms with van der Waals surface area (Å²) < 4.78 is 11.0. The van der Waals surface area contributed by atoms with Crippen molar-refractivity contribution in [3.05, 3.63) is 41.2 Å². The number of nitrogens with zero attached hydrogens (tertiary/aromatic N) is 4. The highest BCUT2D eigenvalue weighted by Crippen LogP contribution is 2.33. The SMILES string of the molecule is CC(C)Cc1cc(CN2CCCC(N3CCN(Cc4ccc5c(c4)OCO5)CC3)C2)[nH]n1. The normalized spacial score (nSPS) is 22.7. The Balaban J connectivity index is 1.09. The largest absolute Gasteiger partial charge is 0.454 e. The molecule has 1 N–H and O–H groups in total. The molecule has 0 amide bonds. The zero-order valence-corrected chi connectivity index (χ0v) is 19.6. The zero-order chi connectivity index (χ0) is 21.9. The van der Waals surface area contributed by atoms with Crippen molar-refractivity contribution >= 4 is 0 Å². The van der Waals surface area contributed by atoms with Crippen LogP contribution in [0, 0.1) is 5.92 Å². The first kappa shape index (κ1) is 21.7. The van der Waals surface area contributed by atoms with Crippen LogP contribution in [0.15, 0.2) is 24.3 Å². The van der Waals surface area contributed by atoms with Crippen LogP contribution in [0.25, 0.3) is 0 Å². The highest BCUT2D eigenvalue weighted by molar-refractivity contribution is 5.44. The van der Waals surface area contributed by atoms with Crippen molar-refractivity contribution in [3.8, 4) is 11.5 Å². The molecular weight excluding hydrogens is 402 g/mol. The van der Waals surface area contributed by atoms with E-state index >= 15 is 0 Å². The molecule has 32 heavy (non-hydrogen) atoms. The van der Waals surface area contributed by atoms with Crippen LogP contribution in [0.2, 0.25) is 0 Å². The molecule has 3 aliphatic rings. The van der Waals surface area contributed by atoms with Gasteiger partial charge in [0.2, 0.25) is 6.79 Å². The average Bonchev–Trinajstić information content (AvgIpc) is 3.43. The monoisotopic (exact) mass is 439 g/mol. The summed E-state index contributed by atoms with van der Waals surface area (Å²) in [5, 5.41) is 7.78. The summed E-state index contributed by atoms with van der Waals surface area (Å²) in [4.78, 5) is 7.90. The van der Waals surface area contributed by atoms with E-state index in [1.165, 1.54) is 42.9 Å². The molecule has 7 heteroatoms. The summed E-state index contributed by atoms with van der Waals surface area (Å²) >= 11 is 0. The number of ether oxygens (including phenoxy) is 2. The van der Waals surface area contributed by atoms with E-state index in [-0.39, 0.29) is 0 Å². The van der Waals surface area contributed by atoms with E-state index in [1.54, 1.807) is 0 Å². The van der Waals surface area contributed by atoms with Crippen LogP contribution in [0.5, 0.6) is 11.5 Å². The van der Waals surface area contributed by atoms with Crippen molar-refractivity contribution in [2.45, 2.75) is 52.2 Å². The molecule has 2 fully saturated rings. The Kier molecular flexibility index (Phi) is 6.67. The molecule has 0 spiro atoms. The Bertz CT molecular complexity index is 890. The number of nitrogens with one attached hydrogen (secondary N) is 1. The standard InChI is InChI=1S/C25H37N5O2/c1-19(2)12-21-14-22(27-26-21)16-29-7-3-4-23(17-29)30-10-8-28(9-11-30)15-20-5-6-24-25(13-20)32-18-31-24/h5-6,13-14,19,23H,3-4,7-12,15-18H2,1-2H3,(H,26,27). The Morgan fingerprint density at radius 1 is 1.00 bits per heavy atom. The van der Waals surface area contributed by atoms with Crippen LogP contribution >= 0.6 is 0 Å². The maximum absolute atomic E-state index is 5.54. The van der Waals surface area contributed by atoms with Gasteiger partial charge in [0.15, 0.2) is 11.5 Å². The molecular formula is C25H37N5O2. The Morgan fingerprint density at radius 2 is 1.84 bits per heavy atom. The number of piperidine rings is 1. The van der Waals surface area contributed by atoms with Gasteiger partial charge < -0.3 is 9.47 Å². The zero-order valence-electron chi connectivity index (χ0n) is 19.6. The van der Waals surface area contributed by atoms with Crippen LogP contribution in [0.1, 0.15) is 43.6 Å². The molecule has 1 unspecified atom stereocenters. The number of hydrogen-bond acceptors (Lipinski definition) is 6. The van der Waals surface area contributed by atoms with E-state index in [0.29, 0.717) is 18.8 Å². The number of hydrogen-bond donors (Lipinski definition) is 1. The van der Waals surface area contributed by atoms with Gasteiger partial charge in [-0.15, -0.1) is 0 Å². The molecule has 5 rings (SSSR count). The summed E-state index contributed by atoms with van der Waals surface area (Å²) in [5.74, 6) is 2.40. The highest BCUT2D eigenvalue weighted by Gasteiger charge is 2.28. The van der Waals surface area contributed by atoms with Gasteiger partial charge in [-0.2, -0.15) is 5.10 Å². The van der Waals surface area contributed by atoms with Crippen molar-refractivity contribution in [1.82, 2.24) is 24.9 Å². The number of aromatic nitrogens is 2. The van der Waals surface area contributed by atoms with Gasteiger partial charge in [0.05, 0.1) is 5.69 Å². The summed E-state index contributed by atoms with van der Waals surface area (Å²) in [7, 11) is 0. The maximum Gasteiger partial charge on any atom is 0.231 e. The van der Waals surface area contributed by atoms with E-state index in [2.05, 4.69) is 56.9 Å². The molecule has 4 heterocycles. The summed E-state index contributed by atoms with van der Waals surface area (Å²) in [6, 6.07) is 9.28. The number of likely N-dealkylation sites (tertiary alicyclic amines) is 1. The Morgan fingerprint density at radius 3 is 2.69 bits per heavy atom. The van der Waals surface area contributed by atoms with E-state index < -0.39 is 0 Å². The molecule has 0 bridgehead atoms. The topological polar surface area (TPSA) is 56.9 Å². The average molecular weight is 440 g/mol. The fraction of sp³-hybridized carbons (Fsp3) is 0.640. The van der Waals surface area contributed by atoms with Crippen LogP contribution in [0.4, 0.5) is 0 Å². The lowest BCUT2D eigenvalue weighted by Crippen LogP contribution is -2.54. The van der Waals surface area contributed by atoms with E-state index in [9.17, 15) is 0 Å². The molecule has 0 radical (unpaired) electrons. The van der Waals surface area contributed by atoms with Gasteiger partial charge in [-0.25, -0.2) is 0 Å². The second-order valence-electron chi connectivity index (χ2n) is 10.0. The lowest BCUT2D eigenvalue weighted by Gasteiger charge is -2.43. The van der Waals surface area contributed by atoms with Crippen molar-refractivity contribution in [1.29, 1.82) is 0 Å². The third-order valence-corrected chi connectivity index (χ3v) is 6.94. The number of fused-ring (bicyclic) bond motifs is 1. The first-order chi connectivity index (χ1) is 15.6. The molecule has 2 saturated heterocycles. The van der Waals surface area contributed by atoms with Crippen LogP contribution < -0.4 is 9.47 Å². The molecule has 0 aliphatic carbocycles. The number of H-pyrrole nitrogens is 1. The van der Waals surface area contributed by atoms with E-state index in [0.717, 1.165) is 57.2 Å². The predicted molar refractivity (Wildman–Crippen MR) is 125 cm³/mol. The quantitative estimate of drug-likeness (QED) is 0.715. The fourth-order valence-electron chi connectivity index (χ4n) is 5.31. The number of benzene rings is 1. The lowest BCUT2D eigenvalue weighted by atomic mass is 10.0. The van der Waals surface area contributed by atoms with Crippen LogP contribution in [0.3, 0.4) is 0 Å². The van der Waals surface area contributed by atoms with Gasteiger partial charge in [0.25, 0.3) is 0 Å². The fourth-order valence-corrected chi connectivity index (χ4v) is 5.31. The molecule has 3 aliphatic heterocycles. The highest BCUT2D eigenvalue weighted by atomic mass is 16.7. The van der Waals surface area contributed by atoms with Gasteiger partial charge >= 0.3 is 0 Å². The van der Waals surface area contributed by atoms with E-state index in [4.69, 9.17) is 9.47 Å². The summed E-state index contributed by atoms with van der Waals surface area (Å²) in [6.07, 6.45) is 3.66. The van der Waals surface area contributed by atoms with Gasteiger partial charge in [-0.05, 0) is 55.5 Å². The third-order valence-electron chi connectivity index (χ3n) is 6.94. The molecule has 7 nitrogen and oxygen atoms in total. The molecule has 174 valence electrons. The van der Waals surface area contributed by atoms with Gasteiger partial charge in [0.1, 0.15) is 0 Å². The van der Waals surface area contributed by atoms with Gasteiger partial charge in [-0.1, -0.05) is 19.9 Å². The summed E-state index contributed by atoms with van der Waals surface area (Å²) in [6.45, 7) is 13.8. The smallest absolute Gasteiger partial charge is 0.231 e. The van der Waals surface area contributed by atoms with Gasteiger partial charge in [-0.3, -0.25) is 19.8 Å². The van der Waals surface area contributed by atoms with Crippen molar-refractivity contribution in [2.24, 2.45) is 5.92 Å². The first-order valence-electron chi connectivity index (χ1n) is 12.2. The second kappa shape index (κ2) is 9.81. The first-order valence-corrected chi connectivity index (χ1v) is 12.2. The number of piperazine rings is 1. The maximum atomic E-state index is 5.54. The summed E-state index contributed by atoms with van der Waals surface area (Å²) in [5.41, 5.74) is 3.76. The Hall–Kier alpha value is -2.09. The minimum atomic E-state index is 0.343. The third kappa shape index (κ3) is 5.27. The van der Waals surface area contributed by atoms with Crippen molar-refractivity contribution < 1.29 is 9.47 Å². The van der Waals surface area contributed by atoms with Gasteiger partial charge in [0, 0.05) is 57.5 Å². The van der Waals surface area contributed by atoms with Crippen LogP contribution in [-0.2, 0) is 19.5 Å². The Labute approximate surface area is 191 Å². The number of rotatable bonds is 7. The van der Waals surface area contributed by atoms with Crippen LogP contribution in [-0.4, -0.2) is 77.0 Å². The van der Waals surface area contributed by atoms with Crippen molar-refractivity contribution in [3.63, 3.8) is 0 Å². The second-order valence-corrected chi connectivity index (χ2v) is 10.0. The molecule has 1 atom stereocenters. The molecule has 0 saturated carbocycles. The molecule has 1 aromatic heterocycles. The van der Waals surface area contributed by atoms with E-state index in [1.807, 2.05) is 6.07 Å². The lowest BCUT2D eigenvalue weighted by molar-refractivity contribution is 0.0474. The minimum Gasteiger partial charge on any atom is -0.454 e. The van der Waals surface area contributed by atoms with Crippen molar-refractivity contribution in [2.75, 3.05) is 46.1 Å². The predicted octanol–water partition coefficient (Wildman–Crippen LogP) is 3.12. The number of aromatic amines is 1. The molecule has 2 aromatic rings. The minimum absolute atomic E-state index is 0.343.